The highest BCUT2D eigenvalue weighted by Crippen LogP contribution is 2.33. The molecule has 2 rings (SSSR count). The number of ether oxygens (including phenoxy) is 1. The summed E-state index contributed by atoms with van der Waals surface area (Å²) in [5.74, 6) is 0. The van der Waals surface area contributed by atoms with Crippen molar-refractivity contribution in [2.24, 2.45) is 0 Å². The average molecular weight is 279 g/mol. The molecule has 1 saturated carbocycles. The van der Waals surface area contributed by atoms with Crippen LogP contribution in [0.4, 0.5) is 0 Å². The predicted molar refractivity (Wildman–Crippen MR) is 80.5 cm³/mol. The molecule has 0 aromatic carbocycles. The van der Waals surface area contributed by atoms with Gasteiger partial charge in [0.25, 0.3) is 0 Å². The van der Waals surface area contributed by atoms with E-state index in [0.717, 1.165) is 39.0 Å². The zero-order valence-corrected chi connectivity index (χ0v) is 13.2. The van der Waals surface area contributed by atoms with Crippen molar-refractivity contribution in [1.82, 2.24) is 10.2 Å². The van der Waals surface area contributed by atoms with E-state index < -0.39 is 0 Å². The van der Waals surface area contributed by atoms with Gasteiger partial charge in [0.2, 0.25) is 0 Å². The van der Waals surface area contributed by atoms with Crippen LogP contribution in [-0.2, 0) is 4.74 Å². The standard InChI is InChI=1S/C16H29N3O/c1-4-19(11-15-6-5-9-20-15)14-7-8-16(10-14,12-17)18-13(2)3/h13-15,18H,4-11H2,1-3H3. The number of rotatable bonds is 6. The first kappa shape index (κ1) is 15.8. The molecule has 0 aromatic rings. The van der Waals surface area contributed by atoms with Gasteiger partial charge in [-0.1, -0.05) is 6.92 Å². The van der Waals surface area contributed by atoms with Crippen molar-refractivity contribution in [2.75, 3.05) is 19.7 Å². The Morgan fingerprint density at radius 3 is 2.80 bits per heavy atom. The molecule has 0 bridgehead atoms. The van der Waals surface area contributed by atoms with E-state index in [2.05, 4.69) is 37.1 Å². The van der Waals surface area contributed by atoms with Gasteiger partial charge in [-0.15, -0.1) is 0 Å². The molecule has 4 nitrogen and oxygen atoms in total. The third kappa shape index (κ3) is 3.72. The van der Waals surface area contributed by atoms with Gasteiger partial charge in [-0.05, 0) is 52.5 Å². The Labute approximate surface area is 123 Å². The van der Waals surface area contributed by atoms with Crippen molar-refractivity contribution in [3.05, 3.63) is 0 Å². The fraction of sp³-hybridized carbons (Fsp3) is 0.938. The van der Waals surface area contributed by atoms with Crippen molar-refractivity contribution >= 4 is 0 Å². The molecular formula is C16H29N3O. The molecule has 0 amide bonds. The number of nitrogens with one attached hydrogen (secondary N) is 1. The van der Waals surface area contributed by atoms with Gasteiger partial charge in [-0.3, -0.25) is 10.2 Å². The van der Waals surface area contributed by atoms with Crippen LogP contribution in [0.2, 0.25) is 0 Å². The molecule has 2 aliphatic rings. The fourth-order valence-corrected chi connectivity index (χ4v) is 3.73. The molecule has 1 saturated heterocycles. The van der Waals surface area contributed by atoms with Crippen LogP contribution in [-0.4, -0.2) is 48.3 Å². The van der Waals surface area contributed by atoms with E-state index in [4.69, 9.17) is 4.74 Å². The van der Waals surface area contributed by atoms with E-state index in [0.29, 0.717) is 18.2 Å². The van der Waals surface area contributed by atoms with Gasteiger partial charge in [-0.25, -0.2) is 0 Å². The highest BCUT2D eigenvalue weighted by molar-refractivity contribution is 5.14. The third-order valence-corrected chi connectivity index (χ3v) is 4.65. The first-order valence-corrected chi connectivity index (χ1v) is 8.13. The SMILES string of the molecule is CCN(CC1CCCO1)C1CCC(C#N)(NC(C)C)C1. The van der Waals surface area contributed by atoms with Crippen LogP contribution in [0.25, 0.3) is 0 Å². The molecule has 3 atom stereocenters. The third-order valence-electron chi connectivity index (χ3n) is 4.65. The van der Waals surface area contributed by atoms with E-state index >= 15 is 0 Å². The first-order chi connectivity index (χ1) is 9.58. The van der Waals surface area contributed by atoms with Crippen LogP contribution < -0.4 is 5.32 Å². The minimum Gasteiger partial charge on any atom is -0.377 e. The minimum absolute atomic E-state index is 0.317. The Bertz CT molecular complexity index is 346. The molecule has 114 valence electrons. The summed E-state index contributed by atoms with van der Waals surface area (Å²) in [7, 11) is 0. The van der Waals surface area contributed by atoms with Crippen LogP contribution in [0.15, 0.2) is 0 Å². The second kappa shape index (κ2) is 6.89. The maximum atomic E-state index is 9.57. The number of hydrogen-bond acceptors (Lipinski definition) is 4. The summed E-state index contributed by atoms with van der Waals surface area (Å²) in [6, 6.07) is 3.43. The first-order valence-electron chi connectivity index (χ1n) is 8.13. The van der Waals surface area contributed by atoms with Gasteiger partial charge >= 0.3 is 0 Å². The molecule has 0 spiro atoms. The Morgan fingerprint density at radius 1 is 1.45 bits per heavy atom. The van der Waals surface area contributed by atoms with Gasteiger partial charge in [0, 0.05) is 25.2 Å². The van der Waals surface area contributed by atoms with Crippen LogP contribution in [0.1, 0.15) is 52.9 Å². The van der Waals surface area contributed by atoms with E-state index in [1.807, 2.05) is 0 Å². The van der Waals surface area contributed by atoms with E-state index in [9.17, 15) is 5.26 Å². The molecule has 2 fully saturated rings. The predicted octanol–water partition coefficient (Wildman–Crippen LogP) is 2.30. The summed E-state index contributed by atoms with van der Waals surface area (Å²) in [5, 5.41) is 13.1. The quantitative estimate of drug-likeness (QED) is 0.810. The molecule has 0 radical (unpaired) electrons. The fourth-order valence-electron chi connectivity index (χ4n) is 3.73. The Balaban J connectivity index is 1.93. The lowest BCUT2D eigenvalue weighted by Crippen LogP contribution is -2.47. The van der Waals surface area contributed by atoms with Gasteiger partial charge in [0.15, 0.2) is 0 Å². The molecular weight excluding hydrogens is 250 g/mol. The smallest absolute Gasteiger partial charge is 0.108 e. The van der Waals surface area contributed by atoms with Crippen molar-refractivity contribution in [1.29, 1.82) is 5.26 Å². The van der Waals surface area contributed by atoms with Gasteiger partial charge in [0.05, 0.1) is 12.2 Å². The van der Waals surface area contributed by atoms with Crippen molar-refractivity contribution in [3.63, 3.8) is 0 Å². The molecule has 1 heterocycles. The number of nitrogens with zero attached hydrogens (tertiary/aromatic N) is 2. The van der Waals surface area contributed by atoms with E-state index in [1.54, 1.807) is 0 Å². The molecule has 20 heavy (non-hydrogen) atoms. The van der Waals surface area contributed by atoms with Crippen LogP contribution in [0, 0.1) is 11.3 Å². The van der Waals surface area contributed by atoms with Gasteiger partial charge < -0.3 is 4.74 Å². The van der Waals surface area contributed by atoms with Crippen LogP contribution >= 0.6 is 0 Å². The number of likely N-dealkylation sites (N-methyl/N-ethyl adjacent to an activating group) is 1. The lowest BCUT2D eigenvalue weighted by molar-refractivity contribution is 0.0590. The zero-order valence-electron chi connectivity index (χ0n) is 13.2. The summed E-state index contributed by atoms with van der Waals surface area (Å²) in [5.41, 5.74) is -0.317. The zero-order chi connectivity index (χ0) is 14.6. The topological polar surface area (TPSA) is 48.3 Å². The minimum atomic E-state index is -0.317. The van der Waals surface area contributed by atoms with Crippen molar-refractivity contribution in [3.8, 4) is 6.07 Å². The summed E-state index contributed by atoms with van der Waals surface area (Å²) in [6.07, 6.45) is 5.83. The summed E-state index contributed by atoms with van der Waals surface area (Å²) in [4.78, 5) is 2.52. The normalized spacial score (nSPS) is 34.0. The lowest BCUT2D eigenvalue weighted by atomic mass is 9.98. The summed E-state index contributed by atoms with van der Waals surface area (Å²) in [6.45, 7) is 9.46. The van der Waals surface area contributed by atoms with E-state index in [1.165, 1.54) is 12.8 Å². The highest BCUT2D eigenvalue weighted by Gasteiger charge is 2.42. The second-order valence-electron chi connectivity index (χ2n) is 6.61. The molecule has 1 N–H and O–H groups in total. The van der Waals surface area contributed by atoms with Crippen molar-refractivity contribution in [2.45, 2.75) is 76.6 Å². The molecule has 3 unspecified atom stereocenters. The van der Waals surface area contributed by atoms with Gasteiger partial charge in [0.1, 0.15) is 5.54 Å². The Hall–Kier alpha value is -0.630. The molecule has 1 aliphatic heterocycles. The number of hydrogen-bond donors (Lipinski definition) is 1. The maximum Gasteiger partial charge on any atom is 0.108 e. The summed E-state index contributed by atoms with van der Waals surface area (Å²) >= 11 is 0. The second-order valence-corrected chi connectivity index (χ2v) is 6.61. The summed E-state index contributed by atoms with van der Waals surface area (Å²) < 4.78 is 5.77. The monoisotopic (exact) mass is 279 g/mol. The molecule has 4 heteroatoms. The lowest BCUT2D eigenvalue weighted by Gasteiger charge is -2.31. The largest absolute Gasteiger partial charge is 0.377 e. The Morgan fingerprint density at radius 2 is 2.25 bits per heavy atom. The average Bonchev–Trinajstić information content (AvgIpc) is 3.05. The molecule has 1 aliphatic carbocycles. The van der Waals surface area contributed by atoms with Crippen LogP contribution in [0.3, 0.4) is 0 Å². The van der Waals surface area contributed by atoms with Crippen molar-refractivity contribution < 1.29 is 4.74 Å². The maximum absolute atomic E-state index is 9.57. The Kier molecular flexibility index (Phi) is 5.42. The highest BCUT2D eigenvalue weighted by atomic mass is 16.5. The van der Waals surface area contributed by atoms with E-state index in [-0.39, 0.29) is 5.54 Å². The van der Waals surface area contributed by atoms with Gasteiger partial charge in [-0.2, -0.15) is 5.26 Å². The molecule has 0 aromatic heterocycles. The number of nitriles is 1. The van der Waals surface area contributed by atoms with Crippen LogP contribution in [0.5, 0.6) is 0 Å².